The van der Waals surface area contributed by atoms with Gasteiger partial charge in [0.1, 0.15) is 11.7 Å². The number of anilines is 1. The van der Waals surface area contributed by atoms with Crippen molar-refractivity contribution in [3.63, 3.8) is 0 Å². The van der Waals surface area contributed by atoms with Crippen molar-refractivity contribution < 1.29 is 9.18 Å². The molecule has 0 aliphatic rings. The Morgan fingerprint density at radius 3 is 2.54 bits per heavy atom. The molecule has 3 aromatic rings. The zero-order chi connectivity index (χ0) is 20.6. The van der Waals surface area contributed by atoms with Crippen LogP contribution < -0.4 is 5.32 Å². The van der Waals surface area contributed by atoms with E-state index in [4.69, 9.17) is 16.7 Å². The number of hydrogen-bond donors (Lipinski definition) is 1. The molecular formula is C20H23ClFN5O. The normalized spacial score (nSPS) is 11.7. The maximum atomic E-state index is 15.1. The Kier molecular flexibility index (Phi) is 5.30. The van der Waals surface area contributed by atoms with Gasteiger partial charge in [-0.1, -0.05) is 0 Å². The van der Waals surface area contributed by atoms with E-state index in [2.05, 4.69) is 10.4 Å². The van der Waals surface area contributed by atoms with E-state index < -0.39 is 5.82 Å². The highest BCUT2D eigenvalue weighted by Crippen LogP contribution is 2.35. The summed E-state index contributed by atoms with van der Waals surface area (Å²) in [5, 5.41) is 11.5. The molecule has 8 heteroatoms. The van der Waals surface area contributed by atoms with Crippen LogP contribution in [-0.4, -0.2) is 31.3 Å². The molecule has 0 spiro atoms. The second-order valence-electron chi connectivity index (χ2n) is 7.73. The zero-order valence-electron chi connectivity index (χ0n) is 16.5. The molecular weight excluding hydrogens is 381 g/mol. The van der Waals surface area contributed by atoms with Crippen LogP contribution >= 0.6 is 11.6 Å². The molecule has 0 atom stereocenters. The van der Waals surface area contributed by atoms with Crippen molar-refractivity contribution in [1.82, 2.24) is 19.6 Å². The Balaban J connectivity index is 2.14. The highest BCUT2D eigenvalue weighted by molar-refractivity contribution is 6.29. The summed E-state index contributed by atoms with van der Waals surface area (Å²) in [4.78, 5) is 11.5. The lowest BCUT2D eigenvalue weighted by Crippen LogP contribution is -2.24. The molecule has 148 valence electrons. The van der Waals surface area contributed by atoms with E-state index in [1.807, 2.05) is 44.8 Å². The molecule has 0 aliphatic heterocycles. The maximum absolute atomic E-state index is 15.1. The lowest BCUT2D eigenvalue weighted by atomic mass is 10.0. The van der Waals surface area contributed by atoms with E-state index in [-0.39, 0.29) is 17.3 Å². The van der Waals surface area contributed by atoms with E-state index in [9.17, 15) is 4.79 Å². The van der Waals surface area contributed by atoms with Crippen LogP contribution in [0.3, 0.4) is 0 Å². The van der Waals surface area contributed by atoms with Gasteiger partial charge in [0.05, 0.1) is 23.1 Å². The Morgan fingerprint density at radius 2 is 2.00 bits per heavy atom. The molecule has 0 saturated carbocycles. The molecule has 1 aromatic carbocycles. The lowest BCUT2D eigenvalue weighted by Gasteiger charge is -2.23. The fourth-order valence-corrected chi connectivity index (χ4v) is 3.17. The number of nitrogens with zero attached hydrogens (tertiary/aromatic N) is 4. The summed E-state index contributed by atoms with van der Waals surface area (Å²) in [6.07, 6.45) is 3.60. The first-order valence-electron chi connectivity index (χ1n) is 8.86. The largest absolute Gasteiger partial charge is 0.325 e. The molecule has 6 nitrogen and oxygen atoms in total. The predicted octanol–water partition coefficient (Wildman–Crippen LogP) is 4.33. The topological polar surface area (TPSA) is 64.7 Å². The molecule has 0 unspecified atom stereocenters. The van der Waals surface area contributed by atoms with Crippen molar-refractivity contribution in [3.8, 4) is 22.5 Å². The molecule has 0 aliphatic carbocycles. The average molecular weight is 404 g/mol. The van der Waals surface area contributed by atoms with Gasteiger partial charge in [0.2, 0.25) is 5.91 Å². The van der Waals surface area contributed by atoms with E-state index in [0.29, 0.717) is 22.5 Å². The molecule has 2 heterocycles. The predicted molar refractivity (Wildman–Crippen MR) is 109 cm³/mol. The van der Waals surface area contributed by atoms with Crippen LogP contribution in [-0.2, 0) is 17.4 Å². The van der Waals surface area contributed by atoms with Gasteiger partial charge in [-0.05, 0) is 51.5 Å². The number of halogens is 2. The third kappa shape index (κ3) is 3.94. The van der Waals surface area contributed by atoms with E-state index >= 15 is 4.39 Å². The van der Waals surface area contributed by atoms with Crippen molar-refractivity contribution in [2.75, 3.05) is 11.2 Å². The summed E-state index contributed by atoms with van der Waals surface area (Å²) in [6, 6.07) is 4.90. The van der Waals surface area contributed by atoms with Crippen molar-refractivity contribution in [2.45, 2.75) is 33.2 Å². The van der Waals surface area contributed by atoms with Crippen LogP contribution in [0.1, 0.15) is 26.3 Å². The summed E-state index contributed by atoms with van der Waals surface area (Å²) in [5.41, 5.74) is 3.39. The van der Waals surface area contributed by atoms with Crippen LogP contribution in [0.25, 0.3) is 22.5 Å². The number of benzene rings is 1. The number of rotatable bonds is 4. The fourth-order valence-electron chi connectivity index (χ4n) is 3.10. The molecule has 3 rings (SSSR count). The second kappa shape index (κ2) is 7.39. The maximum Gasteiger partial charge on any atom is 0.239 e. The van der Waals surface area contributed by atoms with Gasteiger partial charge in [-0.15, -0.1) is 11.6 Å². The first kappa shape index (κ1) is 20.1. The third-order valence-electron chi connectivity index (χ3n) is 4.29. The minimum Gasteiger partial charge on any atom is -0.325 e. The number of hydrogen-bond acceptors (Lipinski definition) is 3. The van der Waals surface area contributed by atoms with Gasteiger partial charge in [0.25, 0.3) is 0 Å². The van der Waals surface area contributed by atoms with Gasteiger partial charge in [-0.3, -0.25) is 14.2 Å². The van der Waals surface area contributed by atoms with Crippen molar-refractivity contribution in [1.29, 1.82) is 0 Å². The summed E-state index contributed by atoms with van der Waals surface area (Å²) < 4.78 is 18.6. The van der Waals surface area contributed by atoms with Crippen molar-refractivity contribution in [2.24, 2.45) is 7.05 Å². The van der Waals surface area contributed by atoms with Gasteiger partial charge < -0.3 is 5.32 Å². The molecule has 0 fully saturated rings. The second-order valence-corrected chi connectivity index (χ2v) is 8.00. The van der Waals surface area contributed by atoms with Gasteiger partial charge >= 0.3 is 0 Å². The molecule has 0 radical (unpaired) electrons. The number of aryl methyl sites for hydroxylation is 2. The summed E-state index contributed by atoms with van der Waals surface area (Å²) in [5.74, 6) is -1.01. The molecule has 1 amide bonds. The van der Waals surface area contributed by atoms with Crippen LogP contribution in [0, 0.1) is 12.7 Å². The number of nitrogens with one attached hydrogen (secondary N) is 1. The van der Waals surface area contributed by atoms with Crippen LogP contribution in [0.4, 0.5) is 10.1 Å². The number of aromatic nitrogens is 4. The number of alkyl halides is 1. The van der Waals surface area contributed by atoms with Crippen LogP contribution in [0.5, 0.6) is 0 Å². The standard InChI is InChI=1S/C20H23ClFN5O/c1-12-6-14(24-18(28)9-21)7-15(22)19(12)17-8-16(13-10-23-26(5)11-13)25-27(17)20(2,3)4/h6-8,10-11H,9H2,1-5H3,(H,24,28). The average Bonchev–Trinajstić information content (AvgIpc) is 3.20. The van der Waals surface area contributed by atoms with Gasteiger partial charge in [0, 0.05) is 30.1 Å². The molecule has 0 saturated heterocycles. The lowest BCUT2D eigenvalue weighted by molar-refractivity contribution is -0.113. The molecule has 28 heavy (non-hydrogen) atoms. The number of carbonyl (C=O) groups is 1. The Labute approximate surface area is 168 Å². The Hall–Kier alpha value is -2.67. The molecule has 2 aromatic heterocycles. The van der Waals surface area contributed by atoms with E-state index in [1.165, 1.54) is 6.07 Å². The Bertz CT molecular complexity index is 1010. The summed E-state index contributed by atoms with van der Waals surface area (Å²) in [6.45, 7) is 7.84. The smallest absolute Gasteiger partial charge is 0.239 e. The monoisotopic (exact) mass is 403 g/mol. The molecule has 1 N–H and O–H groups in total. The van der Waals surface area contributed by atoms with Gasteiger partial charge in [0.15, 0.2) is 0 Å². The fraction of sp³-hybridized carbons (Fsp3) is 0.350. The SMILES string of the molecule is Cc1cc(NC(=O)CCl)cc(F)c1-c1cc(-c2cnn(C)c2)nn1C(C)(C)C. The summed E-state index contributed by atoms with van der Waals surface area (Å²) >= 11 is 5.52. The highest BCUT2D eigenvalue weighted by atomic mass is 35.5. The van der Waals surface area contributed by atoms with Gasteiger partial charge in [-0.2, -0.15) is 10.2 Å². The number of amides is 1. The third-order valence-corrected chi connectivity index (χ3v) is 4.54. The first-order chi connectivity index (χ1) is 13.1. The van der Waals surface area contributed by atoms with Gasteiger partial charge in [-0.25, -0.2) is 4.39 Å². The zero-order valence-corrected chi connectivity index (χ0v) is 17.3. The van der Waals surface area contributed by atoms with E-state index in [1.54, 1.807) is 23.9 Å². The van der Waals surface area contributed by atoms with E-state index in [0.717, 1.165) is 11.3 Å². The highest BCUT2D eigenvalue weighted by Gasteiger charge is 2.24. The van der Waals surface area contributed by atoms with Crippen molar-refractivity contribution in [3.05, 3.63) is 42.0 Å². The minimum absolute atomic E-state index is 0.187. The van der Waals surface area contributed by atoms with Crippen molar-refractivity contribution >= 4 is 23.2 Å². The summed E-state index contributed by atoms with van der Waals surface area (Å²) in [7, 11) is 1.84. The quantitative estimate of drug-likeness (QED) is 0.659. The Morgan fingerprint density at radius 1 is 1.29 bits per heavy atom. The number of carbonyl (C=O) groups excluding carboxylic acids is 1. The van der Waals surface area contributed by atoms with Crippen LogP contribution in [0.2, 0.25) is 0 Å². The molecule has 0 bridgehead atoms. The van der Waals surface area contributed by atoms with Crippen LogP contribution in [0.15, 0.2) is 30.6 Å². The first-order valence-corrected chi connectivity index (χ1v) is 9.39. The minimum atomic E-state index is -0.437.